The van der Waals surface area contributed by atoms with E-state index in [2.05, 4.69) is 34.9 Å². The van der Waals surface area contributed by atoms with Crippen molar-refractivity contribution in [2.45, 2.75) is 18.9 Å². The molecule has 2 N–H and O–H groups in total. The standard InChI is InChI=1S/C16H18N2OS.ClH/c19-16(10-13-5-3-9-20-13)18-11-15-14-6-2-1-4-12(14)7-8-17-15;/h1-6,9,15,17H,7-8,10-11H2,(H,18,19);1H. The number of carbonyl (C=O) groups excluding carboxylic acids is 1. The van der Waals surface area contributed by atoms with Crippen LogP contribution in [-0.2, 0) is 17.6 Å². The second-order valence-electron chi connectivity index (χ2n) is 5.02. The Labute approximate surface area is 135 Å². The third-order valence-corrected chi connectivity index (χ3v) is 4.51. The Balaban J connectivity index is 0.00000161. The Bertz CT molecular complexity index is 586. The van der Waals surface area contributed by atoms with Crippen LogP contribution < -0.4 is 10.6 Å². The van der Waals surface area contributed by atoms with E-state index in [-0.39, 0.29) is 24.4 Å². The monoisotopic (exact) mass is 322 g/mol. The number of hydrogen-bond donors (Lipinski definition) is 2. The van der Waals surface area contributed by atoms with Gasteiger partial charge in [0.15, 0.2) is 0 Å². The van der Waals surface area contributed by atoms with E-state index in [4.69, 9.17) is 0 Å². The number of benzene rings is 1. The number of thiophene rings is 1. The third-order valence-electron chi connectivity index (χ3n) is 3.63. The number of hydrogen-bond acceptors (Lipinski definition) is 3. The lowest BCUT2D eigenvalue weighted by atomic mass is 9.94. The second-order valence-corrected chi connectivity index (χ2v) is 6.05. The summed E-state index contributed by atoms with van der Waals surface area (Å²) in [5.74, 6) is 0.0947. The van der Waals surface area contributed by atoms with Gasteiger partial charge in [0, 0.05) is 17.5 Å². The minimum atomic E-state index is 0. The molecule has 5 heteroatoms. The fraction of sp³-hybridized carbons (Fsp3) is 0.312. The summed E-state index contributed by atoms with van der Waals surface area (Å²) in [5.41, 5.74) is 2.71. The van der Waals surface area contributed by atoms with E-state index in [1.54, 1.807) is 11.3 Å². The SMILES string of the molecule is Cl.O=C(Cc1cccs1)NCC1NCCc2ccccc21. The Morgan fingerprint density at radius 1 is 1.29 bits per heavy atom. The van der Waals surface area contributed by atoms with Crippen LogP contribution in [0.1, 0.15) is 22.0 Å². The first-order valence-electron chi connectivity index (χ1n) is 6.93. The van der Waals surface area contributed by atoms with Gasteiger partial charge in [-0.3, -0.25) is 4.79 Å². The van der Waals surface area contributed by atoms with Gasteiger partial charge >= 0.3 is 0 Å². The molecule has 112 valence electrons. The van der Waals surface area contributed by atoms with Crippen LogP contribution in [0.5, 0.6) is 0 Å². The highest BCUT2D eigenvalue weighted by atomic mass is 35.5. The molecule has 1 unspecified atom stereocenters. The van der Waals surface area contributed by atoms with E-state index in [0.29, 0.717) is 13.0 Å². The van der Waals surface area contributed by atoms with Crippen LogP contribution in [-0.4, -0.2) is 19.0 Å². The van der Waals surface area contributed by atoms with Crippen LogP contribution in [0.2, 0.25) is 0 Å². The minimum absolute atomic E-state index is 0. The molecule has 0 saturated carbocycles. The average molecular weight is 323 g/mol. The molecule has 3 nitrogen and oxygen atoms in total. The van der Waals surface area contributed by atoms with Gasteiger partial charge in [-0.05, 0) is 35.5 Å². The number of nitrogens with one attached hydrogen (secondary N) is 2. The fourth-order valence-corrected chi connectivity index (χ4v) is 3.33. The molecule has 0 bridgehead atoms. The van der Waals surface area contributed by atoms with E-state index in [1.807, 2.05) is 17.5 Å². The highest BCUT2D eigenvalue weighted by Crippen LogP contribution is 2.21. The van der Waals surface area contributed by atoms with Crippen molar-refractivity contribution < 1.29 is 4.79 Å². The van der Waals surface area contributed by atoms with Crippen LogP contribution in [0.3, 0.4) is 0 Å². The lowest BCUT2D eigenvalue weighted by Crippen LogP contribution is -2.39. The van der Waals surface area contributed by atoms with Crippen LogP contribution in [0, 0.1) is 0 Å². The number of fused-ring (bicyclic) bond motifs is 1. The van der Waals surface area contributed by atoms with Crippen molar-refractivity contribution in [3.63, 3.8) is 0 Å². The molecule has 3 rings (SSSR count). The van der Waals surface area contributed by atoms with Crippen LogP contribution in [0.4, 0.5) is 0 Å². The molecule has 0 aliphatic carbocycles. The predicted octanol–water partition coefficient (Wildman–Crippen LogP) is 2.72. The summed E-state index contributed by atoms with van der Waals surface area (Å²) in [5, 5.41) is 8.52. The van der Waals surface area contributed by atoms with E-state index < -0.39 is 0 Å². The Morgan fingerprint density at radius 2 is 2.14 bits per heavy atom. The molecular weight excluding hydrogens is 304 g/mol. The van der Waals surface area contributed by atoms with E-state index in [9.17, 15) is 4.79 Å². The molecule has 1 aromatic heterocycles. The van der Waals surface area contributed by atoms with Gasteiger partial charge in [0.2, 0.25) is 5.91 Å². The van der Waals surface area contributed by atoms with Crippen molar-refractivity contribution in [3.05, 3.63) is 57.8 Å². The molecular formula is C16H19ClN2OS. The van der Waals surface area contributed by atoms with Gasteiger partial charge in [-0.15, -0.1) is 23.7 Å². The Kier molecular flexibility index (Phi) is 5.79. The molecule has 0 radical (unpaired) electrons. The summed E-state index contributed by atoms with van der Waals surface area (Å²) >= 11 is 1.62. The molecule has 0 spiro atoms. The number of halogens is 1. The molecule has 1 aliphatic rings. The molecule has 0 saturated heterocycles. The zero-order valence-corrected chi connectivity index (χ0v) is 13.3. The molecule has 1 atom stereocenters. The molecule has 1 aromatic carbocycles. The molecule has 2 heterocycles. The topological polar surface area (TPSA) is 41.1 Å². The fourth-order valence-electron chi connectivity index (χ4n) is 2.62. The maximum Gasteiger partial charge on any atom is 0.225 e. The molecule has 1 aliphatic heterocycles. The molecule has 2 aromatic rings. The van der Waals surface area contributed by atoms with Crippen molar-refractivity contribution in [3.8, 4) is 0 Å². The van der Waals surface area contributed by atoms with Crippen molar-refractivity contribution in [2.24, 2.45) is 0 Å². The van der Waals surface area contributed by atoms with Gasteiger partial charge in [0.1, 0.15) is 0 Å². The summed E-state index contributed by atoms with van der Waals surface area (Å²) in [6.45, 7) is 1.63. The van der Waals surface area contributed by atoms with E-state index >= 15 is 0 Å². The summed E-state index contributed by atoms with van der Waals surface area (Å²) in [7, 11) is 0. The second kappa shape index (κ2) is 7.59. The first-order chi connectivity index (χ1) is 9.83. The lowest BCUT2D eigenvalue weighted by Gasteiger charge is -2.27. The van der Waals surface area contributed by atoms with Crippen molar-refractivity contribution in [2.75, 3.05) is 13.1 Å². The third kappa shape index (κ3) is 4.06. The van der Waals surface area contributed by atoms with Gasteiger partial charge in [0.05, 0.1) is 6.42 Å². The van der Waals surface area contributed by atoms with Crippen LogP contribution in [0.15, 0.2) is 41.8 Å². The predicted molar refractivity (Wildman–Crippen MR) is 89.2 cm³/mol. The largest absolute Gasteiger partial charge is 0.354 e. The summed E-state index contributed by atoms with van der Waals surface area (Å²) in [4.78, 5) is 13.0. The summed E-state index contributed by atoms with van der Waals surface area (Å²) in [6.07, 6.45) is 1.54. The Hall–Kier alpha value is -1.36. The maximum atomic E-state index is 11.9. The van der Waals surface area contributed by atoms with Gasteiger partial charge in [0.25, 0.3) is 0 Å². The smallest absolute Gasteiger partial charge is 0.225 e. The van der Waals surface area contributed by atoms with Crippen molar-refractivity contribution >= 4 is 29.7 Å². The lowest BCUT2D eigenvalue weighted by molar-refractivity contribution is -0.120. The molecule has 21 heavy (non-hydrogen) atoms. The highest BCUT2D eigenvalue weighted by molar-refractivity contribution is 7.10. The van der Waals surface area contributed by atoms with E-state index in [1.165, 1.54) is 11.1 Å². The maximum absolute atomic E-state index is 11.9. The van der Waals surface area contributed by atoms with Crippen LogP contribution >= 0.6 is 23.7 Å². The molecule has 1 amide bonds. The van der Waals surface area contributed by atoms with Gasteiger partial charge < -0.3 is 10.6 Å². The van der Waals surface area contributed by atoms with Gasteiger partial charge in [-0.25, -0.2) is 0 Å². The normalized spacial score (nSPS) is 16.7. The van der Waals surface area contributed by atoms with Crippen LogP contribution in [0.25, 0.3) is 0 Å². The highest BCUT2D eigenvalue weighted by Gasteiger charge is 2.19. The summed E-state index contributed by atoms with van der Waals surface area (Å²) < 4.78 is 0. The first kappa shape index (κ1) is 16.0. The zero-order chi connectivity index (χ0) is 13.8. The quantitative estimate of drug-likeness (QED) is 0.908. The van der Waals surface area contributed by atoms with Gasteiger partial charge in [-0.1, -0.05) is 30.3 Å². The first-order valence-corrected chi connectivity index (χ1v) is 7.81. The summed E-state index contributed by atoms with van der Waals surface area (Å²) in [6, 6.07) is 12.7. The number of carbonyl (C=O) groups is 1. The number of amides is 1. The average Bonchev–Trinajstić information content (AvgIpc) is 2.98. The van der Waals surface area contributed by atoms with Gasteiger partial charge in [-0.2, -0.15) is 0 Å². The Morgan fingerprint density at radius 3 is 2.95 bits per heavy atom. The molecule has 0 fully saturated rings. The zero-order valence-electron chi connectivity index (χ0n) is 11.7. The van der Waals surface area contributed by atoms with E-state index in [0.717, 1.165) is 17.8 Å². The van der Waals surface area contributed by atoms with Crippen molar-refractivity contribution in [1.29, 1.82) is 0 Å². The van der Waals surface area contributed by atoms with Crippen molar-refractivity contribution in [1.82, 2.24) is 10.6 Å². The minimum Gasteiger partial charge on any atom is -0.354 e. The number of rotatable bonds is 4.